The number of nitrogens with zero attached hydrogens (tertiary/aromatic N) is 5. The van der Waals surface area contributed by atoms with Gasteiger partial charge in [-0.1, -0.05) is 12.1 Å². The van der Waals surface area contributed by atoms with E-state index in [4.69, 9.17) is 14.4 Å². The summed E-state index contributed by atoms with van der Waals surface area (Å²) in [6, 6.07) is 11.9. The van der Waals surface area contributed by atoms with Crippen LogP contribution in [0.15, 0.2) is 59.5 Å². The molecule has 5 heterocycles. The summed E-state index contributed by atoms with van der Waals surface area (Å²) < 4.78 is 7.27. The second-order valence-corrected chi connectivity index (χ2v) is 7.21. The van der Waals surface area contributed by atoms with Crippen molar-refractivity contribution < 1.29 is 4.42 Å². The van der Waals surface area contributed by atoms with Crippen molar-refractivity contribution in [2.24, 2.45) is 7.05 Å². The number of aromatic amines is 2. The van der Waals surface area contributed by atoms with Crippen LogP contribution in [0.2, 0.25) is 0 Å². The number of benzene rings is 1. The van der Waals surface area contributed by atoms with Crippen LogP contribution in [0.5, 0.6) is 0 Å². The van der Waals surface area contributed by atoms with E-state index in [2.05, 4.69) is 20.2 Å². The van der Waals surface area contributed by atoms with Crippen molar-refractivity contribution >= 4 is 22.1 Å². The maximum atomic E-state index is 5.25. The Hall–Kier alpha value is -4.20. The number of hydrogen-bond donors (Lipinski definition) is 2. The number of fused-ring (bicyclic) bond motifs is 2. The number of furan rings is 1. The molecule has 0 aliphatic rings. The standard InChI is InChI=1S/C22H17N7O/c1-12-23-10-18(29(12)2)15-6-7-17-20(24-15)21(28-27-17)22-25-16-5-3-4-14(19(16)26-22)13-8-9-30-11-13/h3-11H,1-2H3,(H,25,26)(H,27,28). The van der Waals surface area contributed by atoms with Gasteiger partial charge in [0.15, 0.2) is 11.5 Å². The topological polar surface area (TPSA) is 101 Å². The molecule has 1 aromatic carbocycles. The Bertz CT molecular complexity index is 1520. The zero-order valence-corrected chi connectivity index (χ0v) is 16.3. The number of aryl methyl sites for hydroxylation is 1. The molecule has 0 atom stereocenters. The summed E-state index contributed by atoms with van der Waals surface area (Å²) in [5.41, 5.74) is 7.86. The first-order valence-electron chi connectivity index (χ1n) is 9.54. The van der Waals surface area contributed by atoms with Crippen LogP contribution in [0.4, 0.5) is 0 Å². The molecule has 0 bridgehead atoms. The molecule has 6 aromatic rings. The smallest absolute Gasteiger partial charge is 0.161 e. The molecule has 0 fully saturated rings. The van der Waals surface area contributed by atoms with Gasteiger partial charge in [0.05, 0.1) is 46.7 Å². The van der Waals surface area contributed by atoms with Gasteiger partial charge in [-0.2, -0.15) is 5.10 Å². The summed E-state index contributed by atoms with van der Waals surface area (Å²) in [7, 11) is 1.98. The second-order valence-electron chi connectivity index (χ2n) is 7.21. The van der Waals surface area contributed by atoms with Gasteiger partial charge in [-0.05, 0) is 31.2 Å². The molecule has 0 amide bonds. The Labute approximate surface area is 170 Å². The monoisotopic (exact) mass is 395 g/mol. The summed E-state index contributed by atoms with van der Waals surface area (Å²) in [5.74, 6) is 1.60. The zero-order chi connectivity index (χ0) is 20.2. The molecule has 0 radical (unpaired) electrons. The predicted molar refractivity (Wildman–Crippen MR) is 114 cm³/mol. The lowest BCUT2D eigenvalue weighted by atomic mass is 10.1. The van der Waals surface area contributed by atoms with Crippen LogP contribution in [-0.4, -0.2) is 34.7 Å². The summed E-state index contributed by atoms with van der Waals surface area (Å²) in [6.07, 6.45) is 5.22. The molecular weight excluding hydrogens is 378 g/mol. The minimum atomic E-state index is 0.665. The fraction of sp³-hybridized carbons (Fsp3) is 0.0909. The molecule has 0 aliphatic carbocycles. The number of para-hydroxylation sites is 1. The van der Waals surface area contributed by atoms with Crippen molar-refractivity contribution in [3.8, 4) is 34.0 Å². The maximum absolute atomic E-state index is 5.25. The van der Waals surface area contributed by atoms with Crippen LogP contribution >= 0.6 is 0 Å². The molecule has 5 aromatic heterocycles. The van der Waals surface area contributed by atoms with Gasteiger partial charge in [0, 0.05) is 18.2 Å². The highest BCUT2D eigenvalue weighted by molar-refractivity contribution is 5.96. The number of imidazole rings is 2. The molecular formula is C22H17N7O. The van der Waals surface area contributed by atoms with Crippen LogP contribution in [0.25, 0.3) is 56.1 Å². The van der Waals surface area contributed by atoms with Crippen molar-refractivity contribution in [3.05, 3.63) is 60.9 Å². The molecule has 146 valence electrons. The second kappa shape index (κ2) is 6.15. The van der Waals surface area contributed by atoms with Gasteiger partial charge < -0.3 is 14.0 Å². The van der Waals surface area contributed by atoms with E-state index in [1.807, 2.05) is 61.1 Å². The highest BCUT2D eigenvalue weighted by atomic mass is 16.3. The van der Waals surface area contributed by atoms with E-state index < -0.39 is 0 Å². The third-order valence-corrected chi connectivity index (χ3v) is 5.46. The van der Waals surface area contributed by atoms with Crippen LogP contribution in [0.1, 0.15) is 5.82 Å². The van der Waals surface area contributed by atoms with E-state index in [0.29, 0.717) is 11.5 Å². The van der Waals surface area contributed by atoms with Crippen molar-refractivity contribution in [1.29, 1.82) is 0 Å². The Morgan fingerprint density at radius 3 is 2.73 bits per heavy atom. The van der Waals surface area contributed by atoms with Gasteiger partial charge in [-0.25, -0.2) is 15.0 Å². The van der Waals surface area contributed by atoms with Gasteiger partial charge in [-0.3, -0.25) is 5.10 Å². The first kappa shape index (κ1) is 16.7. The lowest BCUT2D eigenvalue weighted by Gasteiger charge is -2.03. The minimum absolute atomic E-state index is 0.665. The Morgan fingerprint density at radius 1 is 1.00 bits per heavy atom. The van der Waals surface area contributed by atoms with Gasteiger partial charge in [0.1, 0.15) is 11.3 Å². The number of pyridine rings is 1. The zero-order valence-electron chi connectivity index (χ0n) is 16.3. The van der Waals surface area contributed by atoms with Gasteiger partial charge in [0.25, 0.3) is 0 Å². The Morgan fingerprint density at radius 2 is 1.93 bits per heavy atom. The highest BCUT2D eigenvalue weighted by Gasteiger charge is 2.17. The van der Waals surface area contributed by atoms with E-state index in [1.165, 1.54) is 0 Å². The normalized spacial score (nSPS) is 11.7. The summed E-state index contributed by atoms with van der Waals surface area (Å²) in [5, 5.41) is 7.56. The Balaban J connectivity index is 1.53. The molecule has 0 aliphatic heterocycles. The fourth-order valence-corrected chi connectivity index (χ4v) is 3.74. The highest BCUT2D eigenvalue weighted by Crippen LogP contribution is 2.32. The molecule has 8 nitrogen and oxygen atoms in total. The predicted octanol–water partition coefficient (Wildman–Crippen LogP) is 4.47. The molecule has 0 unspecified atom stereocenters. The van der Waals surface area contributed by atoms with E-state index >= 15 is 0 Å². The van der Waals surface area contributed by atoms with Gasteiger partial charge >= 0.3 is 0 Å². The van der Waals surface area contributed by atoms with Crippen molar-refractivity contribution in [3.63, 3.8) is 0 Å². The average molecular weight is 395 g/mol. The van der Waals surface area contributed by atoms with Crippen molar-refractivity contribution in [2.45, 2.75) is 6.92 Å². The fourth-order valence-electron chi connectivity index (χ4n) is 3.74. The third kappa shape index (κ3) is 2.40. The molecule has 30 heavy (non-hydrogen) atoms. The maximum Gasteiger partial charge on any atom is 0.161 e. The van der Waals surface area contributed by atoms with E-state index in [1.54, 1.807) is 12.5 Å². The minimum Gasteiger partial charge on any atom is -0.472 e. The lowest BCUT2D eigenvalue weighted by molar-refractivity contribution is 0.568. The van der Waals surface area contributed by atoms with Gasteiger partial charge in [0.2, 0.25) is 0 Å². The number of rotatable bonds is 3. The number of hydrogen-bond acceptors (Lipinski definition) is 5. The SMILES string of the molecule is Cc1ncc(-c2ccc3[nH]nc(-c4nc5c(-c6ccoc6)cccc5[nH]4)c3n2)n1C. The average Bonchev–Trinajstić information content (AvgIpc) is 3.54. The summed E-state index contributed by atoms with van der Waals surface area (Å²) in [4.78, 5) is 17.5. The largest absolute Gasteiger partial charge is 0.472 e. The van der Waals surface area contributed by atoms with Crippen LogP contribution < -0.4 is 0 Å². The van der Waals surface area contributed by atoms with Gasteiger partial charge in [-0.15, -0.1) is 0 Å². The lowest BCUT2D eigenvalue weighted by Crippen LogP contribution is -1.96. The van der Waals surface area contributed by atoms with E-state index in [-0.39, 0.29) is 0 Å². The molecule has 0 saturated heterocycles. The first-order chi connectivity index (χ1) is 14.7. The van der Waals surface area contributed by atoms with E-state index in [9.17, 15) is 0 Å². The third-order valence-electron chi connectivity index (χ3n) is 5.46. The van der Waals surface area contributed by atoms with Crippen LogP contribution in [0, 0.1) is 6.92 Å². The molecule has 6 rings (SSSR count). The molecule has 0 saturated carbocycles. The van der Waals surface area contributed by atoms with Crippen molar-refractivity contribution in [1.82, 2.24) is 34.7 Å². The Kier molecular flexibility index (Phi) is 3.43. The number of H-pyrrole nitrogens is 2. The summed E-state index contributed by atoms with van der Waals surface area (Å²) in [6.45, 7) is 1.97. The number of aromatic nitrogens is 7. The van der Waals surface area contributed by atoms with E-state index in [0.717, 1.165) is 50.4 Å². The first-order valence-corrected chi connectivity index (χ1v) is 9.54. The molecule has 0 spiro atoms. The number of nitrogens with one attached hydrogen (secondary N) is 2. The molecule has 2 N–H and O–H groups in total. The van der Waals surface area contributed by atoms with Crippen LogP contribution in [0.3, 0.4) is 0 Å². The van der Waals surface area contributed by atoms with Crippen LogP contribution in [-0.2, 0) is 7.05 Å². The summed E-state index contributed by atoms with van der Waals surface area (Å²) >= 11 is 0. The quantitative estimate of drug-likeness (QED) is 0.460. The molecule has 8 heteroatoms. The van der Waals surface area contributed by atoms with Crippen molar-refractivity contribution in [2.75, 3.05) is 0 Å².